The maximum atomic E-state index is 12.3. The molecule has 11 nitrogen and oxygen atoms in total. The maximum Gasteiger partial charge on any atom is 0.317 e. The lowest BCUT2D eigenvalue weighted by Crippen LogP contribution is -2.52. The van der Waals surface area contributed by atoms with Crippen LogP contribution in [0.2, 0.25) is 10.0 Å². The molecule has 3 aromatic rings. The molecule has 2 aromatic carbocycles. The Balaban J connectivity index is 1.14. The molecule has 2 aliphatic heterocycles. The van der Waals surface area contributed by atoms with Crippen LogP contribution in [0.3, 0.4) is 0 Å². The lowest BCUT2D eigenvalue weighted by molar-refractivity contribution is -0.189. The molecule has 2 atom stereocenters. The number of halogens is 2. The third-order valence-corrected chi connectivity index (χ3v) is 7.58. The van der Waals surface area contributed by atoms with Crippen LogP contribution in [0.4, 0.5) is 10.5 Å². The van der Waals surface area contributed by atoms with Gasteiger partial charge in [-0.3, -0.25) is 4.79 Å². The van der Waals surface area contributed by atoms with Crippen molar-refractivity contribution in [3.05, 3.63) is 76.8 Å². The fourth-order valence-electron chi connectivity index (χ4n) is 4.84. The van der Waals surface area contributed by atoms with Gasteiger partial charge in [0.05, 0.1) is 31.0 Å². The highest BCUT2D eigenvalue weighted by molar-refractivity contribution is 6.35. The molecule has 0 saturated carbocycles. The third-order valence-electron chi connectivity index (χ3n) is 7.03. The van der Waals surface area contributed by atoms with Gasteiger partial charge in [0, 0.05) is 61.9 Å². The second-order valence-corrected chi connectivity index (χ2v) is 10.6. The first-order chi connectivity index (χ1) is 19.8. The molecule has 0 radical (unpaired) electrons. The fraction of sp³-hybridized carbons (Fsp3) is 0.393. The number of aromatic nitrogens is 2. The summed E-state index contributed by atoms with van der Waals surface area (Å²) in [5.74, 6) is -0.630. The highest BCUT2D eigenvalue weighted by atomic mass is 35.5. The minimum atomic E-state index is -1.11. The summed E-state index contributed by atoms with van der Waals surface area (Å²) in [5.41, 5.74) is 1.73. The number of nitrogens with one attached hydrogen (secondary N) is 2. The van der Waals surface area contributed by atoms with Gasteiger partial charge in [-0.25, -0.2) is 9.78 Å². The Hall–Kier alpha value is -3.51. The van der Waals surface area contributed by atoms with E-state index in [1.165, 1.54) is 7.05 Å². The number of carbonyl (C=O) groups is 2. The Morgan fingerprint density at radius 3 is 2.59 bits per heavy atom. The molecule has 3 heterocycles. The van der Waals surface area contributed by atoms with Gasteiger partial charge in [0.1, 0.15) is 18.5 Å². The average Bonchev–Trinajstić information content (AvgIpc) is 3.65. The molecule has 2 aliphatic rings. The molecule has 2 N–H and O–H groups in total. The minimum absolute atomic E-state index is 0.0322. The molecule has 13 heteroatoms. The van der Waals surface area contributed by atoms with Crippen LogP contribution in [0.25, 0.3) is 0 Å². The zero-order valence-corrected chi connectivity index (χ0v) is 24.1. The molecule has 0 spiro atoms. The predicted molar refractivity (Wildman–Crippen MR) is 154 cm³/mol. The molecule has 41 heavy (non-hydrogen) atoms. The molecule has 5 rings (SSSR count). The van der Waals surface area contributed by atoms with Crippen LogP contribution in [-0.4, -0.2) is 85.5 Å². The average molecular weight is 604 g/mol. The van der Waals surface area contributed by atoms with Crippen LogP contribution in [0.5, 0.6) is 5.75 Å². The maximum absolute atomic E-state index is 12.3. The number of nitrogens with zero attached hydrogens (tertiary/aromatic N) is 4. The Bertz CT molecular complexity index is 1330. The Labute approximate surface area is 248 Å². The summed E-state index contributed by atoms with van der Waals surface area (Å²) in [6.07, 6.45) is 4.91. The number of likely N-dealkylation sites (N-methyl/N-ethyl adjacent to an activating group) is 1. The molecule has 218 valence electrons. The van der Waals surface area contributed by atoms with Crippen molar-refractivity contribution in [2.24, 2.45) is 0 Å². The van der Waals surface area contributed by atoms with Gasteiger partial charge in [-0.2, -0.15) is 0 Å². The number of benzene rings is 2. The topological polar surface area (TPSA) is 110 Å². The SMILES string of the molecule is CNC(=O)CNC(=O)N1CCN(c2ccc(OC[C@@H]3CO[C@@](Cn4ccnc4)(c4ccc(Cl)cc4Cl)O3)cc2)CC1. The first kappa shape index (κ1) is 29.0. The molecular weight excluding hydrogens is 571 g/mol. The second kappa shape index (κ2) is 13.0. The van der Waals surface area contributed by atoms with Crippen molar-refractivity contribution in [2.75, 3.05) is 57.9 Å². The van der Waals surface area contributed by atoms with E-state index in [0.717, 1.165) is 5.69 Å². The van der Waals surface area contributed by atoms with E-state index >= 15 is 0 Å². The molecule has 3 amide bonds. The van der Waals surface area contributed by atoms with Crippen LogP contribution in [-0.2, 0) is 26.6 Å². The van der Waals surface area contributed by atoms with Gasteiger partial charge < -0.3 is 39.2 Å². The zero-order valence-electron chi connectivity index (χ0n) is 22.6. The van der Waals surface area contributed by atoms with Gasteiger partial charge in [-0.15, -0.1) is 0 Å². The Kier molecular flexibility index (Phi) is 9.19. The molecule has 0 aliphatic carbocycles. The monoisotopic (exact) mass is 602 g/mol. The summed E-state index contributed by atoms with van der Waals surface area (Å²) in [7, 11) is 1.54. The normalized spacial score (nSPS) is 20.6. The van der Waals surface area contributed by atoms with E-state index in [1.807, 2.05) is 41.1 Å². The first-order valence-electron chi connectivity index (χ1n) is 13.3. The summed E-state index contributed by atoms with van der Waals surface area (Å²) in [4.78, 5) is 31.7. The second-order valence-electron chi connectivity index (χ2n) is 9.77. The lowest BCUT2D eigenvalue weighted by atomic mass is 10.1. The number of piperazine rings is 1. The number of urea groups is 1. The standard InChI is InChI=1S/C28H32Cl2N6O5/c1-31-26(37)15-33-27(38)36-12-10-35(11-13-36)21-3-5-22(6-4-21)39-16-23-17-40-28(41-23,18-34-9-8-32-19-34)24-7-2-20(29)14-25(24)30/h2-9,14,19,23H,10-13,15-18H2,1H3,(H,31,37)(H,33,38)/t23-,28-/m1/s1. The number of hydrogen-bond acceptors (Lipinski definition) is 7. The van der Waals surface area contributed by atoms with Crippen LogP contribution in [0, 0.1) is 0 Å². The van der Waals surface area contributed by atoms with Gasteiger partial charge in [0.15, 0.2) is 0 Å². The summed E-state index contributed by atoms with van der Waals surface area (Å²) in [6.45, 7) is 3.45. The van der Waals surface area contributed by atoms with Gasteiger partial charge in [-0.05, 0) is 36.4 Å². The number of amides is 3. The van der Waals surface area contributed by atoms with Crippen LogP contribution >= 0.6 is 23.2 Å². The lowest BCUT2D eigenvalue weighted by Gasteiger charge is -2.36. The summed E-state index contributed by atoms with van der Waals surface area (Å²) >= 11 is 12.7. The van der Waals surface area contributed by atoms with Crippen molar-refractivity contribution in [3.63, 3.8) is 0 Å². The van der Waals surface area contributed by atoms with Crippen LogP contribution in [0.1, 0.15) is 5.56 Å². The van der Waals surface area contributed by atoms with Gasteiger partial charge >= 0.3 is 6.03 Å². The van der Waals surface area contributed by atoms with Gasteiger partial charge in [0.25, 0.3) is 0 Å². The largest absolute Gasteiger partial charge is 0.491 e. The molecule has 2 fully saturated rings. The van der Waals surface area contributed by atoms with E-state index in [-0.39, 0.29) is 24.6 Å². The Morgan fingerprint density at radius 2 is 1.90 bits per heavy atom. The summed E-state index contributed by atoms with van der Waals surface area (Å²) in [6, 6.07) is 12.9. The van der Waals surface area contributed by atoms with Crippen molar-refractivity contribution >= 4 is 40.8 Å². The highest BCUT2D eigenvalue weighted by Gasteiger charge is 2.45. The van der Waals surface area contributed by atoms with Crippen molar-refractivity contribution in [1.82, 2.24) is 25.1 Å². The minimum Gasteiger partial charge on any atom is -0.491 e. The van der Waals surface area contributed by atoms with Crippen molar-refractivity contribution < 1.29 is 23.8 Å². The molecule has 2 saturated heterocycles. The first-order valence-corrected chi connectivity index (χ1v) is 14.0. The van der Waals surface area contributed by atoms with E-state index in [9.17, 15) is 9.59 Å². The van der Waals surface area contributed by atoms with Crippen LogP contribution < -0.4 is 20.3 Å². The van der Waals surface area contributed by atoms with Gasteiger partial charge in [-0.1, -0.05) is 29.3 Å². The van der Waals surface area contributed by atoms with E-state index in [4.69, 9.17) is 37.4 Å². The van der Waals surface area contributed by atoms with Crippen LogP contribution in [0.15, 0.2) is 61.2 Å². The zero-order chi connectivity index (χ0) is 28.8. The quantitative estimate of drug-likeness (QED) is 0.387. The van der Waals surface area contributed by atoms with Crippen molar-refractivity contribution in [2.45, 2.75) is 18.4 Å². The van der Waals surface area contributed by atoms with E-state index in [0.29, 0.717) is 67.3 Å². The Morgan fingerprint density at radius 1 is 1.12 bits per heavy atom. The number of hydrogen-bond donors (Lipinski definition) is 2. The number of ether oxygens (including phenoxy) is 3. The van der Waals surface area contributed by atoms with Crippen molar-refractivity contribution in [1.29, 1.82) is 0 Å². The predicted octanol–water partition coefficient (Wildman–Crippen LogP) is 3.11. The van der Waals surface area contributed by atoms with Gasteiger partial charge in [0.2, 0.25) is 11.7 Å². The smallest absolute Gasteiger partial charge is 0.317 e. The fourth-order valence-corrected chi connectivity index (χ4v) is 5.39. The molecular formula is C28H32Cl2N6O5. The summed E-state index contributed by atoms with van der Waals surface area (Å²) in [5, 5.41) is 6.11. The molecule has 0 bridgehead atoms. The highest BCUT2D eigenvalue weighted by Crippen LogP contribution is 2.40. The van der Waals surface area contributed by atoms with Crippen molar-refractivity contribution in [3.8, 4) is 5.75 Å². The van der Waals surface area contributed by atoms with E-state index < -0.39 is 5.79 Å². The summed E-state index contributed by atoms with van der Waals surface area (Å²) < 4.78 is 20.6. The third kappa shape index (κ3) is 7.05. The van der Waals surface area contributed by atoms with E-state index in [1.54, 1.807) is 29.6 Å². The molecule has 1 aromatic heterocycles. The molecule has 0 unspecified atom stereocenters. The number of carbonyl (C=O) groups excluding carboxylic acids is 2. The number of rotatable bonds is 9. The number of imidazole rings is 1. The van der Waals surface area contributed by atoms with E-state index in [2.05, 4.69) is 20.5 Å². The number of anilines is 1.